The van der Waals surface area contributed by atoms with Gasteiger partial charge >= 0.3 is 0 Å². The maximum absolute atomic E-state index is 12.5. The van der Waals surface area contributed by atoms with Crippen LogP contribution < -0.4 is 10.1 Å². The molecule has 0 fully saturated rings. The van der Waals surface area contributed by atoms with Crippen LogP contribution in [-0.4, -0.2) is 43.0 Å². The van der Waals surface area contributed by atoms with Gasteiger partial charge in [0.15, 0.2) is 0 Å². The first-order valence-corrected chi connectivity index (χ1v) is 7.60. The number of hydrogen-bond donors (Lipinski definition) is 1. The van der Waals surface area contributed by atoms with E-state index < -0.39 is 0 Å². The maximum atomic E-state index is 12.5. The molecule has 0 spiro atoms. The van der Waals surface area contributed by atoms with Gasteiger partial charge in [-0.25, -0.2) is 0 Å². The van der Waals surface area contributed by atoms with Gasteiger partial charge in [-0.1, -0.05) is 0 Å². The second-order valence-electron chi connectivity index (χ2n) is 4.89. The number of methoxy groups -OCH3 is 1. The Balaban J connectivity index is 2.90. The number of benzene rings is 1. The largest absolute Gasteiger partial charge is 0.497 e. The van der Waals surface area contributed by atoms with Crippen LogP contribution in [0.15, 0.2) is 22.7 Å². The lowest BCUT2D eigenvalue weighted by Crippen LogP contribution is -2.42. The second kappa shape index (κ2) is 8.02. The zero-order chi connectivity index (χ0) is 16.0. The van der Waals surface area contributed by atoms with E-state index in [0.29, 0.717) is 22.3 Å². The fourth-order valence-corrected chi connectivity index (χ4v) is 2.25. The molecule has 1 rings (SSSR count). The van der Waals surface area contributed by atoms with Crippen molar-refractivity contribution in [1.82, 2.24) is 10.2 Å². The van der Waals surface area contributed by atoms with E-state index in [1.54, 1.807) is 25.3 Å². The molecule has 0 radical (unpaired) electrons. The standard InChI is InChI=1S/C15H21BrN2O3/c1-5-18(9-14(19)17-10(2)3)15(20)12-8-11(21-4)6-7-13(12)16/h6-8,10H,5,9H2,1-4H3,(H,17,19). The van der Waals surface area contributed by atoms with Crippen molar-refractivity contribution in [1.29, 1.82) is 0 Å². The molecule has 0 bridgehead atoms. The summed E-state index contributed by atoms with van der Waals surface area (Å²) in [5, 5.41) is 2.78. The molecule has 0 aliphatic rings. The molecule has 0 atom stereocenters. The minimum absolute atomic E-state index is 0.0389. The number of nitrogens with one attached hydrogen (secondary N) is 1. The van der Waals surface area contributed by atoms with Crippen LogP contribution in [0.3, 0.4) is 0 Å². The number of carbonyl (C=O) groups is 2. The molecule has 2 amide bonds. The van der Waals surface area contributed by atoms with Crippen molar-refractivity contribution in [3.8, 4) is 5.75 Å². The molecule has 0 heterocycles. The van der Waals surface area contributed by atoms with E-state index in [1.807, 2.05) is 20.8 Å². The van der Waals surface area contributed by atoms with Gasteiger partial charge in [0, 0.05) is 17.1 Å². The number of nitrogens with zero attached hydrogens (tertiary/aromatic N) is 1. The predicted octanol–water partition coefficient (Wildman–Crippen LogP) is 2.44. The number of ether oxygens (including phenoxy) is 1. The third-order valence-electron chi connectivity index (χ3n) is 2.86. The summed E-state index contributed by atoms with van der Waals surface area (Å²) < 4.78 is 5.81. The Morgan fingerprint density at radius 1 is 1.38 bits per heavy atom. The predicted molar refractivity (Wildman–Crippen MR) is 85.6 cm³/mol. The van der Waals surface area contributed by atoms with E-state index >= 15 is 0 Å². The van der Waals surface area contributed by atoms with Crippen LogP contribution in [0.25, 0.3) is 0 Å². The van der Waals surface area contributed by atoms with Crippen LogP contribution in [0.4, 0.5) is 0 Å². The third-order valence-corrected chi connectivity index (χ3v) is 3.55. The summed E-state index contributed by atoms with van der Waals surface area (Å²) in [7, 11) is 1.55. The molecule has 0 aliphatic heterocycles. The van der Waals surface area contributed by atoms with Gasteiger partial charge in [-0.05, 0) is 54.9 Å². The van der Waals surface area contributed by atoms with Gasteiger partial charge in [-0.3, -0.25) is 9.59 Å². The lowest BCUT2D eigenvalue weighted by atomic mass is 10.2. The van der Waals surface area contributed by atoms with Crippen LogP contribution in [-0.2, 0) is 4.79 Å². The Hall–Kier alpha value is -1.56. The van der Waals surface area contributed by atoms with E-state index in [2.05, 4.69) is 21.2 Å². The van der Waals surface area contributed by atoms with Gasteiger partial charge in [-0.15, -0.1) is 0 Å². The number of halogens is 1. The van der Waals surface area contributed by atoms with Gasteiger partial charge in [0.1, 0.15) is 5.75 Å². The highest BCUT2D eigenvalue weighted by Crippen LogP contribution is 2.23. The molecule has 0 saturated carbocycles. The van der Waals surface area contributed by atoms with E-state index in [1.165, 1.54) is 4.90 Å². The number of hydrogen-bond acceptors (Lipinski definition) is 3. The van der Waals surface area contributed by atoms with Crippen molar-refractivity contribution in [2.75, 3.05) is 20.2 Å². The quantitative estimate of drug-likeness (QED) is 0.851. The van der Waals surface area contributed by atoms with Crippen molar-refractivity contribution in [3.63, 3.8) is 0 Å². The third kappa shape index (κ3) is 5.04. The Kier molecular flexibility index (Phi) is 6.68. The molecule has 0 aromatic heterocycles. The van der Waals surface area contributed by atoms with E-state index in [0.717, 1.165) is 0 Å². The van der Waals surface area contributed by atoms with Gasteiger partial charge in [0.25, 0.3) is 5.91 Å². The zero-order valence-electron chi connectivity index (χ0n) is 12.8. The number of rotatable bonds is 6. The SMILES string of the molecule is CCN(CC(=O)NC(C)C)C(=O)c1cc(OC)ccc1Br. The fraction of sp³-hybridized carbons (Fsp3) is 0.467. The van der Waals surface area contributed by atoms with Crippen molar-refractivity contribution < 1.29 is 14.3 Å². The van der Waals surface area contributed by atoms with Crippen molar-refractivity contribution in [3.05, 3.63) is 28.2 Å². The Labute approximate surface area is 133 Å². The summed E-state index contributed by atoms with van der Waals surface area (Å²) in [6.45, 7) is 6.10. The summed E-state index contributed by atoms with van der Waals surface area (Å²) in [4.78, 5) is 25.9. The Morgan fingerprint density at radius 3 is 2.57 bits per heavy atom. The van der Waals surface area contributed by atoms with Crippen molar-refractivity contribution in [2.24, 2.45) is 0 Å². The lowest BCUT2D eigenvalue weighted by Gasteiger charge is -2.22. The number of amides is 2. The molecular formula is C15H21BrN2O3. The van der Waals surface area contributed by atoms with Crippen LogP contribution in [0.1, 0.15) is 31.1 Å². The molecule has 0 saturated heterocycles. The molecule has 116 valence electrons. The molecular weight excluding hydrogens is 336 g/mol. The molecule has 5 nitrogen and oxygen atoms in total. The van der Waals surface area contributed by atoms with Crippen LogP contribution in [0.5, 0.6) is 5.75 Å². The van der Waals surface area contributed by atoms with E-state index in [9.17, 15) is 9.59 Å². The Bertz CT molecular complexity index is 518. The molecule has 6 heteroatoms. The highest BCUT2D eigenvalue weighted by atomic mass is 79.9. The molecule has 21 heavy (non-hydrogen) atoms. The average molecular weight is 357 g/mol. The summed E-state index contributed by atoms with van der Waals surface area (Å²) in [5.74, 6) is 0.227. The normalized spacial score (nSPS) is 10.4. The van der Waals surface area contributed by atoms with Gasteiger partial charge in [-0.2, -0.15) is 0 Å². The highest BCUT2D eigenvalue weighted by molar-refractivity contribution is 9.10. The van der Waals surface area contributed by atoms with E-state index in [-0.39, 0.29) is 24.4 Å². The van der Waals surface area contributed by atoms with Crippen LogP contribution >= 0.6 is 15.9 Å². The maximum Gasteiger partial charge on any atom is 0.255 e. The highest BCUT2D eigenvalue weighted by Gasteiger charge is 2.20. The molecule has 1 aromatic rings. The summed E-state index contributed by atoms with van der Waals surface area (Å²) in [5.41, 5.74) is 0.480. The first-order chi connectivity index (χ1) is 9.88. The summed E-state index contributed by atoms with van der Waals surface area (Å²) >= 11 is 3.36. The zero-order valence-corrected chi connectivity index (χ0v) is 14.4. The van der Waals surface area contributed by atoms with E-state index in [4.69, 9.17) is 4.74 Å². The minimum atomic E-state index is -0.206. The number of carbonyl (C=O) groups excluding carboxylic acids is 2. The minimum Gasteiger partial charge on any atom is -0.497 e. The first-order valence-electron chi connectivity index (χ1n) is 6.81. The number of likely N-dealkylation sites (N-methyl/N-ethyl adjacent to an activating group) is 1. The van der Waals surface area contributed by atoms with Gasteiger partial charge in [0.2, 0.25) is 5.91 Å². The van der Waals surface area contributed by atoms with Gasteiger partial charge in [0.05, 0.1) is 19.2 Å². The molecule has 0 aliphatic carbocycles. The lowest BCUT2D eigenvalue weighted by molar-refractivity contribution is -0.122. The second-order valence-corrected chi connectivity index (χ2v) is 5.74. The smallest absolute Gasteiger partial charge is 0.255 e. The Morgan fingerprint density at radius 2 is 2.05 bits per heavy atom. The van der Waals surface area contributed by atoms with Gasteiger partial charge < -0.3 is 15.0 Å². The van der Waals surface area contributed by atoms with Crippen LogP contribution in [0, 0.1) is 0 Å². The van der Waals surface area contributed by atoms with Crippen molar-refractivity contribution in [2.45, 2.75) is 26.8 Å². The molecule has 0 unspecified atom stereocenters. The van der Waals surface area contributed by atoms with Crippen LogP contribution in [0.2, 0.25) is 0 Å². The molecule has 1 N–H and O–H groups in total. The summed E-state index contributed by atoms with van der Waals surface area (Å²) in [6.07, 6.45) is 0. The molecule has 1 aromatic carbocycles. The topological polar surface area (TPSA) is 58.6 Å². The fourth-order valence-electron chi connectivity index (χ4n) is 1.83. The first kappa shape index (κ1) is 17.5. The summed E-state index contributed by atoms with van der Waals surface area (Å²) in [6, 6.07) is 5.24. The average Bonchev–Trinajstić information content (AvgIpc) is 2.43. The van der Waals surface area contributed by atoms with Crippen molar-refractivity contribution >= 4 is 27.7 Å². The monoisotopic (exact) mass is 356 g/mol.